The van der Waals surface area contributed by atoms with Gasteiger partial charge in [-0.1, -0.05) is 34.0 Å². The first-order chi connectivity index (χ1) is 9.13. The Kier molecular flexibility index (Phi) is 7.91. The molecule has 3 nitrogen and oxygen atoms in total. The summed E-state index contributed by atoms with van der Waals surface area (Å²) in [5, 5.41) is 1.67. The van der Waals surface area contributed by atoms with E-state index in [1.807, 2.05) is 7.05 Å². The van der Waals surface area contributed by atoms with Gasteiger partial charge in [0.15, 0.2) is 6.61 Å². The van der Waals surface area contributed by atoms with Crippen molar-refractivity contribution in [3.05, 3.63) is 29.3 Å². The molecule has 19 heavy (non-hydrogen) atoms. The summed E-state index contributed by atoms with van der Waals surface area (Å²) < 4.78 is 5.41. The Morgan fingerprint density at radius 3 is 2.58 bits per heavy atom. The highest BCUT2D eigenvalue weighted by Crippen LogP contribution is 2.15. The Labute approximate surface area is 128 Å². The van der Waals surface area contributed by atoms with Gasteiger partial charge in [-0.3, -0.25) is 4.79 Å². The molecule has 1 aromatic rings. The summed E-state index contributed by atoms with van der Waals surface area (Å²) in [6.45, 7) is 0.840. The Bertz CT molecular complexity index is 384. The number of halogens is 2. The Morgan fingerprint density at radius 1 is 1.26 bits per heavy atom. The monoisotopic (exact) mass is 347 g/mol. The third-order valence-corrected chi connectivity index (χ3v) is 3.54. The van der Waals surface area contributed by atoms with Gasteiger partial charge in [-0.05, 0) is 37.1 Å². The van der Waals surface area contributed by atoms with Crippen LogP contribution in [0.1, 0.15) is 19.3 Å². The maximum absolute atomic E-state index is 11.8. The highest BCUT2D eigenvalue weighted by atomic mass is 79.9. The van der Waals surface area contributed by atoms with Crippen LogP contribution in [0.2, 0.25) is 5.02 Å². The Hall–Kier alpha value is -0.740. The van der Waals surface area contributed by atoms with E-state index >= 15 is 0 Å². The van der Waals surface area contributed by atoms with Crippen molar-refractivity contribution in [1.29, 1.82) is 0 Å². The first-order valence-electron chi connectivity index (χ1n) is 6.32. The van der Waals surface area contributed by atoms with Crippen LogP contribution in [0, 0.1) is 0 Å². The van der Waals surface area contributed by atoms with E-state index in [-0.39, 0.29) is 12.5 Å². The predicted octanol–water partition coefficient (Wildman–Crippen LogP) is 3.74. The molecule has 0 aliphatic carbocycles. The van der Waals surface area contributed by atoms with Crippen LogP contribution in [0.4, 0.5) is 0 Å². The molecule has 0 saturated heterocycles. The van der Waals surface area contributed by atoms with Gasteiger partial charge in [0.05, 0.1) is 0 Å². The fourth-order valence-corrected chi connectivity index (χ4v) is 2.05. The highest BCUT2D eigenvalue weighted by Gasteiger charge is 2.08. The summed E-state index contributed by atoms with van der Waals surface area (Å²) in [6, 6.07) is 6.99. The van der Waals surface area contributed by atoms with Crippen molar-refractivity contribution in [2.45, 2.75) is 19.3 Å². The van der Waals surface area contributed by atoms with Crippen molar-refractivity contribution in [2.24, 2.45) is 0 Å². The van der Waals surface area contributed by atoms with Gasteiger partial charge < -0.3 is 9.64 Å². The van der Waals surface area contributed by atoms with Crippen LogP contribution in [0.25, 0.3) is 0 Å². The zero-order valence-electron chi connectivity index (χ0n) is 11.1. The molecule has 0 N–H and O–H groups in total. The molecule has 0 aliphatic rings. The summed E-state index contributed by atoms with van der Waals surface area (Å²) in [5.74, 6) is 0.652. The van der Waals surface area contributed by atoms with E-state index < -0.39 is 0 Å². The normalized spacial score (nSPS) is 10.3. The molecular formula is C14H19BrClNO2. The number of unbranched alkanes of at least 4 members (excludes halogenated alkanes) is 2. The van der Waals surface area contributed by atoms with Gasteiger partial charge in [0.25, 0.3) is 5.91 Å². The Morgan fingerprint density at radius 2 is 1.95 bits per heavy atom. The lowest BCUT2D eigenvalue weighted by molar-refractivity contribution is -0.132. The largest absolute Gasteiger partial charge is 0.484 e. The number of rotatable bonds is 8. The van der Waals surface area contributed by atoms with E-state index in [9.17, 15) is 4.79 Å². The van der Waals surface area contributed by atoms with Gasteiger partial charge in [0.1, 0.15) is 5.75 Å². The zero-order valence-corrected chi connectivity index (χ0v) is 13.4. The average molecular weight is 349 g/mol. The lowest BCUT2D eigenvalue weighted by atomic mass is 10.2. The first-order valence-corrected chi connectivity index (χ1v) is 7.81. The van der Waals surface area contributed by atoms with E-state index in [0.29, 0.717) is 10.8 Å². The van der Waals surface area contributed by atoms with E-state index in [4.69, 9.17) is 16.3 Å². The third kappa shape index (κ3) is 6.83. The standard InChI is InChI=1S/C14H19BrClNO2/c1-17(10-4-2-3-9-15)14(18)11-19-13-7-5-12(16)6-8-13/h5-8H,2-4,9-11H2,1H3. The van der Waals surface area contributed by atoms with Crippen molar-refractivity contribution in [3.63, 3.8) is 0 Å². The molecule has 1 aromatic carbocycles. The molecule has 106 valence electrons. The van der Waals surface area contributed by atoms with Gasteiger partial charge in [-0.15, -0.1) is 0 Å². The molecule has 0 unspecified atom stereocenters. The van der Waals surface area contributed by atoms with E-state index in [2.05, 4.69) is 15.9 Å². The molecule has 0 spiro atoms. The fourth-order valence-electron chi connectivity index (χ4n) is 1.53. The number of ether oxygens (including phenoxy) is 1. The number of likely N-dealkylation sites (N-methyl/N-ethyl adjacent to an activating group) is 1. The van der Waals surface area contributed by atoms with Crippen LogP contribution in [0.15, 0.2) is 24.3 Å². The minimum atomic E-state index is -0.00575. The third-order valence-electron chi connectivity index (χ3n) is 2.73. The second-order valence-corrected chi connectivity index (χ2v) is 5.54. The minimum Gasteiger partial charge on any atom is -0.484 e. The van der Waals surface area contributed by atoms with Crippen molar-refractivity contribution in [2.75, 3.05) is 25.5 Å². The fraction of sp³-hybridized carbons (Fsp3) is 0.500. The van der Waals surface area contributed by atoms with Gasteiger partial charge in [-0.2, -0.15) is 0 Å². The van der Waals surface area contributed by atoms with E-state index in [0.717, 1.165) is 31.1 Å². The molecule has 0 fully saturated rings. The predicted molar refractivity (Wildman–Crippen MR) is 82.2 cm³/mol. The number of alkyl halides is 1. The van der Waals surface area contributed by atoms with E-state index in [1.54, 1.807) is 29.2 Å². The van der Waals surface area contributed by atoms with Crippen LogP contribution in [0.3, 0.4) is 0 Å². The summed E-state index contributed by atoms with van der Waals surface area (Å²) in [5.41, 5.74) is 0. The van der Waals surface area contributed by atoms with Gasteiger partial charge >= 0.3 is 0 Å². The van der Waals surface area contributed by atoms with Crippen molar-refractivity contribution >= 4 is 33.4 Å². The van der Waals surface area contributed by atoms with Crippen LogP contribution in [0.5, 0.6) is 5.75 Å². The maximum atomic E-state index is 11.8. The SMILES string of the molecule is CN(CCCCCBr)C(=O)COc1ccc(Cl)cc1. The second-order valence-electron chi connectivity index (χ2n) is 4.31. The molecule has 5 heteroatoms. The minimum absolute atomic E-state index is 0.00575. The lowest BCUT2D eigenvalue weighted by Gasteiger charge is -2.17. The number of benzene rings is 1. The van der Waals surface area contributed by atoms with Crippen LogP contribution >= 0.6 is 27.5 Å². The molecule has 0 saturated carbocycles. The number of carbonyl (C=O) groups excluding carboxylic acids is 1. The smallest absolute Gasteiger partial charge is 0.260 e. The van der Waals surface area contributed by atoms with Crippen LogP contribution in [-0.4, -0.2) is 36.3 Å². The maximum Gasteiger partial charge on any atom is 0.260 e. The number of amides is 1. The van der Waals surface area contributed by atoms with Crippen LogP contribution < -0.4 is 4.74 Å². The quantitative estimate of drug-likeness (QED) is 0.529. The molecule has 1 amide bonds. The van der Waals surface area contributed by atoms with Crippen molar-refractivity contribution in [3.8, 4) is 5.75 Å². The van der Waals surface area contributed by atoms with Crippen molar-refractivity contribution < 1.29 is 9.53 Å². The van der Waals surface area contributed by atoms with Gasteiger partial charge in [0, 0.05) is 23.9 Å². The van der Waals surface area contributed by atoms with Gasteiger partial charge in [0.2, 0.25) is 0 Å². The molecule has 0 radical (unpaired) electrons. The Balaban J connectivity index is 2.24. The molecule has 0 atom stereocenters. The average Bonchev–Trinajstić information content (AvgIpc) is 2.42. The van der Waals surface area contributed by atoms with E-state index in [1.165, 1.54) is 0 Å². The number of hydrogen-bond acceptors (Lipinski definition) is 2. The summed E-state index contributed by atoms with van der Waals surface area (Å²) in [7, 11) is 1.81. The highest BCUT2D eigenvalue weighted by molar-refractivity contribution is 9.09. The van der Waals surface area contributed by atoms with Crippen LogP contribution in [-0.2, 0) is 4.79 Å². The summed E-state index contributed by atoms with van der Waals surface area (Å²) >= 11 is 9.17. The molecule has 0 aromatic heterocycles. The second kappa shape index (κ2) is 9.21. The summed E-state index contributed by atoms with van der Waals surface area (Å²) in [6.07, 6.45) is 3.29. The molecule has 0 aliphatic heterocycles. The molecule has 1 rings (SSSR count). The number of nitrogens with zero attached hydrogens (tertiary/aromatic N) is 1. The number of carbonyl (C=O) groups is 1. The zero-order chi connectivity index (χ0) is 14.1. The molecule has 0 bridgehead atoms. The van der Waals surface area contributed by atoms with Crippen molar-refractivity contribution in [1.82, 2.24) is 4.90 Å². The number of hydrogen-bond donors (Lipinski definition) is 0. The van der Waals surface area contributed by atoms with Gasteiger partial charge in [-0.25, -0.2) is 0 Å². The first kappa shape index (κ1) is 16.3. The molecular weight excluding hydrogens is 330 g/mol. The summed E-state index contributed by atoms with van der Waals surface area (Å²) in [4.78, 5) is 13.5. The lowest BCUT2D eigenvalue weighted by Crippen LogP contribution is -2.32. The molecule has 0 heterocycles. The topological polar surface area (TPSA) is 29.5 Å².